The molecule has 118 valence electrons. The SMILES string of the molecule is CN1CCC(C#N)(c2ccccc2Oc2ccc(Cl)cc2)CC1. The topological polar surface area (TPSA) is 36.3 Å². The lowest BCUT2D eigenvalue weighted by Gasteiger charge is -2.36. The molecule has 0 aromatic heterocycles. The van der Waals surface area contributed by atoms with Crippen LogP contribution in [0, 0.1) is 11.3 Å². The molecule has 1 saturated heterocycles. The van der Waals surface area contributed by atoms with Crippen LogP contribution in [0.4, 0.5) is 0 Å². The monoisotopic (exact) mass is 326 g/mol. The number of nitrogens with zero attached hydrogens (tertiary/aromatic N) is 2. The van der Waals surface area contributed by atoms with Crippen molar-refractivity contribution in [3.05, 3.63) is 59.1 Å². The molecule has 0 atom stereocenters. The van der Waals surface area contributed by atoms with E-state index in [2.05, 4.69) is 18.0 Å². The van der Waals surface area contributed by atoms with Gasteiger partial charge in [0.2, 0.25) is 0 Å². The number of para-hydroxylation sites is 1. The molecule has 2 aromatic carbocycles. The Morgan fingerprint density at radius 1 is 1.09 bits per heavy atom. The minimum Gasteiger partial charge on any atom is -0.457 e. The van der Waals surface area contributed by atoms with Gasteiger partial charge in [-0.3, -0.25) is 0 Å². The van der Waals surface area contributed by atoms with E-state index in [-0.39, 0.29) is 0 Å². The van der Waals surface area contributed by atoms with Crippen LogP contribution in [0.2, 0.25) is 5.02 Å². The van der Waals surface area contributed by atoms with E-state index in [0.717, 1.165) is 43.0 Å². The Balaban J connectivity index is 1.94. The van der Waals surface area contributed by atoms with Crippen molar-refractivity contribution >= 4 is 11.6 Å². The number of halogens is 1. The molecule has 4 heteroatoms. The molecule has 0 unspecified atom stereocenters. The average molecular weight is 327 g/mol. The lowest BCUT2D eigenvalue weighted by molar-refractivity contribution is 0.219. The van der Waals surface area contributed by atoms with Gasteiger partial charge >= 0.3 is 0 Å². The number of likely N-dealkylation sites (tertiary alicyclic amines) is 1. The summed E-state index contributed by atoms with van der Waals surface area (Å²) < 4.78 is 6.05. The highest BCUT2D eigenvalue weighted by Crippen LogP contribution is 2.41. The Labute approximate surface area is 142 Å². The molecule has 3 nitrogen and oxygen atoms in total. The summed E-state index contributed by atoms with van der Waals surface area (Å²) in [6.45, 7) is 1.84. The number of hydrogen-bond acceptors (Lipinski definition) is 3. The van der Waals surface area contributed by atoms with Gasteiger partial charge in [0.05, 0.1) is 11.5 Å². The van der Waals surface area contributed by atoms with Crippen molar-refractivity contribution in [2.45, 2.75) is 18.3 Å². The van der Waals surface area contributed by atoms with E-state index in [0.29, 0.717) is 5.02 Å². The van der Waals surface area contributed by atoms with Crippen molar-refractivity contribution in [1.82, 2.24) is 4.90 Å². The summed E-state index contributed by atoms with van der Waals surface area (Å²) >= 11 is 5.92. The Kier molecular flexibility index (Phi) is 4.56. The fourth-order valence-corrected chi connectivity index (χ4v) is 3.15. The molecule has 0 aliphatic carbocycles. The molecule has 23 heavy (non-hydrogen) atoms. The molecule has 0 spiro atoms. The summed E-state index contributed by atoms with van der Waals surface area (Å²) in [6, 6.07) is 17.7. The van der Waals surface area contributed by atoms with Gasteiger partial charge in [-0.15, -0.1) is 0 Å². The summed E-state index contributed by atoms with van der Waals surface area (Å²) in [5.41, 5.74) is 0.501. The molecule has 0 amide bonds. The minimum absolute atomic E-state index is 0.477. The second kappa shape index (κ2) is 6.62. The predicted molar refractivity (Wildman–Crippen MR) is 92.0 cm³/mol. The van der Waals surface area contributed by atoms with Crippen LogP contribution in [-0.2, 0) is 5.41 Å². The van der Waals surface area contributed by atoms with Gasteiger partial charge in [0.1, 0.15) is 11.5 Å². The highest BCUT2D eigenvalue weighted by molar-refractivity contribution is 6.30. The van der Waals surface area contributed by atoms with Crippen molar-refractivity contribution in [2.75, 3.05) is 20.1 Å². The first kappa shape index (κ1) is 15.9. The van der Waals surface area contributed by atoms with Crippen molar-refractivity contribution in [1.29, 1.82) is 5.26 Å². The minimum atomic E-state index is -0.477. The number of hydrogen-bond donors (Lipinski definition) is 0. The van der Waals surface area contributed by atoms with Crippen LogP contribution < -0.4 is 4.74 Å². The van der Waals surface area contributed by atoms with Gasteiger partial charge < -0.3 is 9.64 Å². The molecule has 0 N–H and O–H groups in total. The first-order valence-electron chi connectivity index (χ1n) is 7.76. The molecular weight excluding hydrogens is 308 g/mol. The molecule has 3 rings (SSSR count). The third-order valence-corrected chi connectivity index (χ3v) is 4.75. The Hall–Kier alpha value is -2.02. The van der Waals surface area contributed by atoms with Crippen LogP contribution in [0.3, 0.4) is 0 Å². The fraction of sp³-hybridized carbons (Fsp3) is 0.316. The second-order valence-electron chi connectivity index (χ2n) is 6.05. The molecule has 1 aliphatic rings. The molecule has 1 aliphatic heterocycles. The molecule has 1 fully saturated rings. The maximum absolute atomic E-state index is 9.87. The van der Waals surface area contributed by atoms with E-state index in [1.807, 2.05) is 36.4 Å². The van der Waals surface area contributed by atoms with Crippen LogP contribution in [0.5, 0.6) is 11.5 Å². The lowest BCUT2D eigenvalue weighted by atomic mass is 9.73. The number of ether oxygens (including phenoxy) is 1. The highest BCUT2D eigenvalue weighted by Gasteiger charge is 2.37. The summed E-state index contributed by atoms with van der Waals surface area (Å²) in [4.78, 5) is 2.26. The van der Waals surface area contributed by atoms with Gasteiger partial charge in [-0.2, -0.15) is 5.26 Å². The van der Waals surface area contributed by atoms with Crippen LogP contribution in [-0.4, -0.2) is 25.0 Å². The number of piperidine rings is 1. The predicted octanol–water partition coefficient (Wildman–Crippen LogP) is 4.62. The van der Waals surface area contributed by atoms with Gasteiger partial charge in [0, 0.05) is 10.6 Å². The normalized spacial score (nSPS) is 17.4. The van der Waals surface area contributed by atoms with Crippen LogP contribution in [0.25, 0.3) is 0 Å². The quantitative estimate of drug-likeness (QED) is 0.825. The van der Waals surface area contributed by atoms with E-state index in [4.69, 9.17) is 16.3 Å². The zero-order valence-corrected chi connectivity index (χ0v) is 13.9. The van der Waals surface area contributed by atoms with Crippen LogP contribution >= 0.6 is 11.6 Å². The second-order valence-corrected chi connectivity index (χ2v) is 6.49. The van der Waals surface area contributed by atoms with Crippen molar-refractivity contribution in [3.63, 3.8) is 0 Å². The summed E-state index contributed by atoms with van der Waals surface area (Å²) in [5.74, 6) is 1.48. The summed E-state index contributed by atoms with van der Waals surface area (Å²) in [6.07, 6.45) is 1.64. The van der Waals surface area contributed by atoms with Crippen molar-refractivity contribution in [2.24, 2.45) is 0 Å². The Bertz CT molecular complexity index is 713. The molecule has 2 aromatic rings. The maximum atomic E-state index is 9.87. The number of rotatable bonds is 3. The fourth-order valence-electron chi connectivity index (χ4n) is 3.02. The van der Waals surface area contributed by atoms with Gasteiger partial charge in [-0.1, -0.05) is 29.8 Å². The smallest absolute Gasteiger partial charge is 0.132 e. The highest BCUT2D eigenvalue weighted by atomic mass is 35.5. The summed E-state index contributed by atoms with van der Waals surface area (Å²) in [5, 5.41) is 10.5. The van der Waals surface area contributed by atoms with E-state index < -0.39 is 5.41 Å². The third-order valence-electron chi connectivity index (χ3n) is 4.50. The average Bonchev–Trinajstić information content (AvgIpc) is 2.59. The van der Waals surface area contributed by atoms with Gasteiger partial charge in [-0.25, -0.2) is 0 Å². The van der Waals surface area contributed by atoms with Crippen LogP contribution in [0.15, 0.2) is 48.5 Å². The molecule has 1 heterocycles. The van der Waals surface area contributed by atoms with E-state index in [9.17, 15) is 5.26 Å². The van der Waals surface area contributed by atoms with E-state index in [1.54, 1.807) is 12.1 Å². The Morgan fingerprint density at radius 3 is 2.39 bits per heavy atom. The Morgan fingerprint density at radius 2 is 1.74 bits per heavy atom. The first-order chi connectivity index (χ1) is 11.1. The lowest BCUT2D eigenvalue weighted by Crippen LogP contribution is -2.40. The molecular formula is C19H19ClN2O. The number of nitriles is 1. The zero-order chi connectivity index (χ0) is 16.3. The number of benzene rings is 2. The zero-order valence-electron chi connectivity index (χ0n) is 13.1. The third kappa shape index (κ3) is 3.34. The van der Waals surface area contributed by atoms with Crippen molar-refractivity contribution in [3.8, 4) is 17.6 Å². The molecule has 0 bridgehead atoms. The largest absolute Gasteiger partial charge is 0.457 e. The molecule has 0 radical (unpaired) electrons. The van der Waals surface area contributed by atoms with Gasteiger partial charge in [-0.05, 0) is 63.3 Å². The van der Waals surface area contributed by atoms with Gasteiger partial charge in [0.15, 0.2) is 0 Å². The summed E-state index contributed by atoms with van der Waals surface area (Å²) in [7, 11) is 2.09. The van der Waals surface area contributed by atoms with Gasteiger partial charge in [0.25, 0.3) is 0 Å². The maximum Gasteiger partial charge on any atom is 0.132 e. The van der Waals surface area contributed by atoms with Crippen molar-refractivity contribution < 1.29 is 4.74 Å². The van der Waals surface area contributed by atoms with E-state index in [1.165, 1.54) is 0 Å². The van der Waals surface area contributed by atoms with Crippen LogP contribution in [0.1, 0.15) is 18.4 Å². The standard InChI is InChI=1S/C19H19ClN2O/c1-22-12-10-19(14-21,11-13-22)17-4-2-3-5-18(17)23-16-8-6-15(20)7-9-16/h2-9H,10-13H2,1H3. The van der Waals surface area contributed by atoms with E-state index >= 15 is 0 Å². The first-order valence-corrected chi connectivity index (χ1v) is 8.13. The molecule has 0 saturated carbocycles.